The van der Waals surface area contributed by atoms with Crippen molar-refractivity contribution in [3.05, 3.63) is 40.3 Å². The van der Waals surface area contributed by atoms with Crippen molar-refractivity contribution in [3.8, 4) is 0 Å². The molecule has 1 saturated heterocycles. The van der Waals surface area contributed by atoms with E-state index in [9.17, 15) is 9.59 Å². The van der Waals surface area contributed by atoms with E-state index < -0.39 is 0 Å². The zero-order chi connectivity index (χ0) is 11.5. The molecule has 16 heavy (non-hydrogen) atoms. The van der Waals surface area contributed by atoms with E-state index in [2.05, 4.69) is 5.32 Å². The largest absolute Gasteiger partial charge is 0.392 e. The van der Waals surface area contributed by atoms with Crippen molar-refractivity contribution in [2.24, 2.45) is 0 Å². The minimum absolute atomic E-state index is 0.0463. The number of benzene rings is 1. The highest BCUT2D eigenvalue weighted by atomic mass is 32.2. The standard InChI is InChI=1S/C11H9NO3S/c13-6-8-3-1-2-7(4-8)5-9-10(14)12-11(15)16-9/h1-5,13H,6H2,(H,12,14,15). The predicted octanol–water partition coefficient (Wildman–Crippen LogP) is 1.50. The van der Waals surface area contributed by atoms with E-state index in [-0.39, 0.29) is 17.8 Å². The maximum atomic E-state index is 11.3. The molecule has 0 spiro atoms. The average Bonchev–Trinajstić information content (AvgIpc) is 2.58. The second kappa shape index (κ2) is 4.51. The number of nitrogens with one attached hydrogen (secondary N) is 1. The normalized spacial score (nSPS) is 17.9. The molecule has 0 radical (unpaired) electrons. The van der Waals surface area contributed by atoms with Gasteiger partial charge in [-0.15, -0.1) is 0 Å². The van der Waals surface area contributed by atoms with Gasteiger partial charge in [-0.25, -0.2) is 0 Å². The van der Waals surface area contributed by atoms with Gasteiger partial charge in [-0.2, -0.15) is 0 Å². The van der Waals surface area contributed by atoms with E-state index in [0.717, 1.165) is 22.9 Å². The summed E-state index contributed by atoms with van der Waals surface area (Å²) >= 11 is 0.881. The molecular weight excluding hydrogens is 226 g/mol. The molecule has 2 rings (SSSR count). The lowest BCUT2D eigenvalue weighted by molar-refractivity contribution is -0.115. The molecule has 2 amide bonds. The summed E-state index contributed by atoms with van der Waals surface area (Å²) in [6, 6.07) is 7.15. The molecule has 0 bridgehead atoms. The third kappa shape index (κ3) is 2.32. The summed E-state index contributed by atoms with van der Waals surface area (Å²) in [5.41, 5.74) is 1.56. The number of aliphatic hydroxyl groups excluding tert-OH is 1. The topological polar surface area (TPSA) is 66.4 Å². The Bertz CT molecular complexity index is 482. The van der Waals surface area contributed by atoms with Crippen molar-refractivity contribution >= 4 is 29.0 Å². The van der Waals surface area contributed by atoms with E-state index in [1.807, 2.05) is 6.07 Å². The van der Waals surface area contributed by atoms with Crippen molar-refractivity contribution in [1.82, 2.24) is 5.32 Å². The first kappa shape index (κ1) is 10.9. The van der Waals surface area contributed by atoms with Crippen LogP contribution in [0.1, 0.15) is 11.1 Å². The summed E-state index contributed by atoms with van der Waals surface area (Å²) < 4.78 is 0. The smallest absolute Gasteiger partial charge is 0.290 e. The molecule has 1 heterocycles. The molecule has 0 saturated carbocycles. The minimum Gasteiger partial charge on any atom is -0.392 e. The highest BCUT2D eigenvalue weighted by Gasteiger charge is 2.24. The lowest BCUT2D eigenvalue weighted by Gasteiger charge is -1.98. The Morgan fingerprint density at radius 3 is 2.81 bits per heavy atom. The molecule has 1 aromatic rings. The minimum atomic E-state index is -0.371. The summed E-state index contributed by atoms with van der Waals surface area (Å²) in [7, 11) is 0. The summed E-state index contributed by atoms with van der Waals surface area (Å²) in [5.74, 6) is -0.371. The zero-order valence-corrected chi connectivity index (χ0v) is 9.08. The number of hydrogen-bond acceptors (Lipinski definition) is 4. The molecule has 1 aliphatic rings. The number of rotatable bonds is 2. The number of carbonyl (C=O) groups is 2. The molecule has 4 nitrogen and oxygen atoms in total. The van der Waals surface area contributed by atoms with Crippen LogP contribution in [0.15, 0.2) is 29.2 Å². The van der Waals surface area contributed by atoms with E-state index >= 15 is 0 Å². The predicted molar refractivity (Wildman–Crippen MR) is 61.5 cm³/mol. The van der Waals surface area contributed by atoms with Gasteiger partial charge in [0.25, 0.3) is 11.1 Å². The van der Waals surface area contributed by atoms with Crippen LogP contribution in [-0.2, 0) is 11.4 Å². The van der Waals surface area contributed by atoms with Gasteiger partial charge in [-0.1, -0.05) is 18.2 Å². The monoisotopic (exact) mass is 235 g/mol. The molecule has 0 aromatic heterocycles. The number of hydrogen-bond donors (Lipinski definition) is 2. The summed E-state index contributed by atoms with van der Waals surface area (Å²) in [4.78, 5) is 22.6. The highest BCUT2D eigenvalue weighted by Crippen LogP contribution is 2.25. The van der Waals surface area contributed by atoms with Gasteiger partial charge in [0.2, 0.25) is 0 Å². The quantitative estimate of drug-likeness (QED) is 0.762. The van der Waals surface area contributed by atoms with Gasteiger partial charge in [-0.3, -0.25) is 14.9 Å². The van der Waals surface area contributed by atoms with Gasteiger partial charge in [0.05, 0.1) is 11.5 Å². The van der Waals surface area contributed by atoms with Crippen LogP contribution in [-0.4, -0.2) is 16.3 Å². The molecule has 1 aliphatic heterocycles. The van der Waals surface area contributed by atoms with Crippen LogP contribution >= 0.6 is 11.8 Å². The fourth-order valence-corrected chi connectivity index (χ4v) is 2.04. The maximum Gasteiger partial charge on any atom is 0.290 e. The SMILES string of the molecule is O=C1NC(=O)C(=Cc2cccc(CO)c2)S1. The summed E-state index contributed by atoms with van der Waals surface area (Å²) in [6.07, 6.45) is 1.63. The third-order valence-corrected chi connectivity index (χ3v) is 2.88. The number of amides is 2. The molecular formula is C11H9NO3S. The number of aliphatic hydroxyl groups is 1. The van der Waals surface area contributed by atoms with Gasteiger partial charge >= 0.3 is 0 Å². The van der Waals surface area contributed by atoms with Crippen molar-refractivity contribution in [3.63, 3.8) is 0 Å². The van der Waals surface area contributed by atoms with Crippen LogP contribution in [0, 0.1) is 0 Å². The lowest BCUT2D eigenvalue weighted by Crippen LogP contribution is -2.17. The van der Waals surface area contributed by atoms with Gasteiger partial charge in [-0.05, 0) is 35.0 Å². The Kier molecular flexibility index (Phi) is 3.07. The molecule has 0 unspecified atom stereocenters. The van der Waals surface area contributed by atoms with Crippen molar-refractivity contribution < 1.29 is 14.7 Å². The maximum absolute atomic E-state index is 11.3. The van der Waals surface area contributed by atoms with Gasteiger partial charge < -0.3 is 5.11 Å². The van der Waals surface area contributed by atoms with Crippen LogP contribution in [0.25, 0.3) is 6.08 Å². The first-order valence-electron chi connectivity index (χ1n) is 4.63. The van der Waals surface area contributed by atoms with Gasteiger partial charge in [0.1, 0.15) is 0 Å². The molecule has 2 N–H and O–H groups in total. The Morgan fingerprint density at radius 1 is 1.38 bits per heavy atom. The Hall–Kier alpha value is -1.59. The molecule has 5 heteroatoms. The van der Waals surface area contributed by atoms with Gasteiger partial charge in [0.15, 0.2) is 0 Å². The molecule has 1 aromatic carbocycles. The highest BCUT2D eigenvalue weighted by molar-refractivity contribution is 8.18. The van der Waals surface area contributed by atoms with Crippen molar-refractivity contribution in [2.75, 3.05) is 0 Å². The average molecular weight is 235 g/mol. The van der Waals surface area contributed by atoms with Crippen LogP contribution in [0.4, 0.5) is 4.79 Å². The molecule has 82 valence electrons. The fourth-order valence-electron chi connectivity index (χ4n) is 1.35. The molecule has 1 fully saturated rings. The fraction of sp³-hybridized carbons (Fsp3) is 0.0909. The van der Waals surface area contributed by atoms with Crippen LogP contribution in [0.5, 0.6) is 0 Å². The molecule has 0 atom stereocenters. The number of carbonyl (C=O) groups excluding carboxylic acids is 2. The van der Waals surface area contributed by atoms with Crippen molar-refractivity contribution in [2.45, 2.75) is 6.61 Å². The number of thioether (sulfide) groups is 1. The second-order valence-electron chi connectivity index (χ2n) is 3.26. The van der Waals surface area contributed by atoms with Crippen molar-refractivity contribution in [1.29, 1.82) is 0 Å². The molecule has 0 aliphatic carbocycles. The first-order chi connectivity index (χ1) is 7.69. The third-order valence-electron chi connectivity index (χ3n) is 2.07. The Morgan fingerprint density at radius 2 is 2.19 bits per heavy atom. The van der Waals surface area contributed by atoms with E-state index in [1.54, 1.807) is 24.3 Å². The van der Waals surface area contributed by atoms with E-state index in [0.29, 0.717) is 4.91 Å². The van der Waals surface area contributed by atoms with Gasteiger partial charge in [0, 0.05) is 0 Å². The lowest BCUT2D eigenvalue weighted by atomic mass is 10.1. The first-order valence-corrected chi connectivity index (χ1v) is 5.45. The summed E-state index contributed by atoms with van der Waals surface area (Å²) in [6.45, 7) is -0.0463. The Balaban J connectivity index is 2.28. The van der Waals surface area contributed by atoms with E-state index in [4.69, 9.17) is 5.11 Å². The second-order valence-corrected chi connectivity index (χ2v) is 4.27. The van der Waals surface area contributed by atoms with Crippen LogP contribution in [0.2, 0.25) is 0 Å². The number of imide groups is 1. The Labute approximate surface area is 96.4 Å². The van der Waals surface area contributed by atoms with E-state index in [1.165, 1.54) is 0 Å². The van der Waals surface area contributed by atoms with Crippen LogP contribution in [0.3, 0.4) is 0 Å². The summed E-state index contributed by atoms with van der Waals surface area (Å²) in [5, 5.41) is 10.8. The van der Waals surface area contributed by atoms with Crippen LogP contribution < -0.4 is 5.32 Å². The zero-order valence-electron chi connectivity index (χ0n) is 8.27.